The number of para-hydroxylation sites is 2. The Bertz CT molecular complexity index is 1490. The topological polar surface area (TPSA) is 60.2 Å². The lowest BCUT2D eigenvalue weighted by Gasteiger charge is -2.29. The molecule has 6 nitrogen and oxygen atoms in total. The zero-order valence-electron chi connectivity index (χ0n) is 18.0. The fourth-order valence-electron chi connectivity index (χ4n) is 4.59. The first kappa shape index (κ1) is 19.5. The van der Waals surface area contributed by atoms with Gasteiger partial charge in [-0.05, 0) is 46.2 Å². The number of rotatable bonds is 5. The molecule has 1 aliphatic heterocycles. The zero-order valence-corrected chi connectivity index (χ0v) is 18.0. The number of nitrogens with zero attached hydrogens (tertiary/aromatic N) is 4. The highest BCUT2D eigenvalue weighted by molar-refractivity contribution is 6.13. The van der Waals surface area contributed by atoms with Crippen molar-refractivity contribution >= 4 is 33.1 Å². The van der Waals surface area contributed by atoms with Crippen LogP contribution in [-0.2, 0) is 11.3 Å². The van der Waals surface area contributed by atoms with E-state index in [2.05, 4.69) is 64.9 Å². The summed E-state index contributed by atoms with van der Waals surface area (Å²) in [6, 6.07) is 26.7. The van der Waals surface area contributed by atoms with Crippen LogP contribution < -0.4 is 9.64 Å². The van der Waals surface area contributed by atoms with Crippen molar-refractivity contribution in [1.29, 1.82) is 0 Å². The number of benzene rings is 4. The minimum absolute atomic E-state index is 0.0180. The molecule has 4 aromatic carbocycles. The molecule has 0 fully saturated rings. The lowest BCUT2D eigenvalue weighted by Crippen LogP contribution is -2.39. The van der Waals surface area contributed by atoms with Crippen molar-refractivity contribution in [3.05, 3.63) is 85.1 Å². The molecular weight excluding hydrogens is 412 g/mol. The Labute approximate surface area is 191 Å². The predicted molar refractivity (Wildman–Crippen MR) is 129 cm³/mol. The molecule has 6 heteroatoms. The first-order valence-electron chi connectivity index (χ1n) is 11.1. The van der Waals surface area contributed by atoms with Gasteiger partial charge in [-0.1, -0.05) is 65.9 Å². The van der Waals surface area contributed by atoms with Gasteiger partial charge in [0.05, 0.1) is 11.9 Å². The van der Waals surface area contributed by atoms with Crippen LogP contribution in [0.4, 0.5) is 5.69 Å². The molecule has 1 aliphatic rings. The van der Waals surface area contributed by atoms with Gasteiger partial charge in [-0.25, -0.2) is 0 Å². The van der Waals surface area contributed by atoms with Gasteiger partial charge in [0, 0.05) is 18.7 Å². The average Bonchev–Trinajstić information content (AvgIpc) is 3.33. The Balaban J connectivity index is 1.24. The first-order chi connectivity index (χ1) is 16.3. The highest BCUT2D eigenvalue weighted by Gasteiger charge is 2.24. The molecule has 5 aromatic rings. The van der Waals surface area contributed by atoms with E-state index < -0.39 is 0 Å². The monoisotopic (exact) mass is 434 g/mol. The number of amides is 1. The number of hydrogen-bond donors (Lipinski definition) is 0. The molecule has 33 heavy (non-hydrogen) atoms. The van der Waals surface area contributed by atoms with Gasteiger partial charge in [-0.3, -0.25) is 9.48 Å². The predicted octanol–water partition coefficient (Wildman–Crippen LogP) is 5.07. The van der Waals surface area contributed by atoms with Crippen molar-refractivity contribution in [2.75, 3.05) is 18.1 Å². The number of ether oxygens (including phenoxy) is 1. The van der Waals surface area contributed by atoms with Gasteiger partial charge in [0.2, 0.25) is 0 Å². The zero-order chi connectivity index (χ0) is 22.2. The fraction of sp³-hybridized carbons (Fsp3) is 0.148. The maximum Gasteiger partial charge on any atom is 0.265 e. The maximum absolute atomic E-state index is 12.4. The lowest BCUT2D eigenvalue weighted by molar-refractivity contribution is -0.121. The molecule has 0 saturated heterocycles. The van der Waals surface area contributed by atoms with Crippen LogP contribution in [0, 0.1) is 0 Å². The molecule has 0 radical (unpaired) electrons. The molecular formula is C27H22N4O2. The smallest absolute Gasteiger partial charge is 0.265 e. The van der Waals surface area contributed by atoms with Crippen LogP contribution in [0.5, 0.6) is 5.75 Å². The number of carbonyl (C=O) groups excluding carboxylic acids is 1. The van der Waals surface area contributed by atoms with E-state index in [1.165, 1.54) is 21.5 Å². The molecule has 6 rings (SSSR count). The van der Waals surface area contributed by atoms with Crippen molar-refractivity contribution in [2.45, 2.75) is 13.0 Å². The Morgan fingerprint density at radius 1 is 0.848 bits per heavy atom. The number of aromatic nitrogens is 3. The van der Waals surface area contributed by atoms with E-state index in [0.717, 1.165) is 29.1 Å². The number of carbonyl (C=O) groups is 1. The molecule has 0 spiro atoms. The number of anilines is 1. The highest BCUT2D eigenvalue weighted by Crippen LogP contribution is 2.34. The minimum atomic E-state index is -0.0180. The molecule has 0 saturated carbocycles. The average molecular weight is 434 g/mol. The lowest BCUT2D eigenvalue weighted by atomic mass is 9.96. The SMILES string of the molecule is O=C1COc2ccccc2N1CCCn1cc(-c2cc3ccccc3c3ccccc23)nn1. The Hall–Kier alpha value is -4.19. The van der Waals surface area contributed by atoms with Gasteiger partial charge in [-0.15, -0.1) is 5.10 Å². The molecule has 0 N–H and O–H groups in total. The summed E-state index contributed by atoms with van der Waals surface area (Å²) >= 11 is 0. The molecule has 162 valence electrons. The van der Waals surface area contributed by atoms with Crippen molar-refractivity contribution in [1.82, 2.24) is 15.0 Å². The van der Waals surface area contributed by atoms with Gasteiger partial charge >= 0.3 is 0 Å². The second kappa shape index (κ2) is 8.06. The summed E-state index contributed by atoms with van der Waals surface area (Å²) in [7, 11) is 0. The van der Waals surface area contributed by atoms with Crippen LogP contribution in [0.3, 0.4) is 0 Å². The van der Waals surface area contributed by atoms with Gasteiger partial charge < -0.3 is 9.64 Å². The van der Waals surface area contributed by atoms with Gasteiger partial charge in [-0.2, -0.15) is 0 Å². The standard InChI is InChI=1S/C27H22N4O2/c32-27-18-33-26-13-6-5-12-25(26)31(27)15-7-14-30-17-24(28-29-30)23-16-19-8-1-2-9-20(19)21-10-3-4-11-22(21)23/h1-6,8-13,16-17H,7,14-15,18H2. The molecule has 0 aliphatic carbocycles. The van der Waals surface area contributed by atoms with E-state index in [1.54, 1.807) is 4.90 Å². The van der Waals surface area contributed by atoms with E-state index in [-0.39, 0.29) is 12.5 Å². The van der Waals surface area contributed by atoms with Crippen LogP contribution in [0.15, 0.2) is 85.1 Å². The molecule has 1 amide bonds. The van der Waals surface area contributed by atoms with Crippen molar-refractivity contribution < 1.29 is 9.53 Å². The molecule has 2 heterocycles. The number of hydrogen-bond acceptors (Lipinski definition) is 4. The third-order valence-electron chi connectivity index (χ3n) is 6.16. The maximum atomic E-state index is 12.4. The van der Waals surface area contributed by atoms with Gasteiger partial charge in [0.1, 0.15) is 11.4 Å². The summed E-state index contributed by atoms with van der Waals surface area (Å²) in [6.07, 6.45) is 2.76. The third-order valence-corrected chi connectivity index (χ3v) is 6.16. The normalized spacial score (nSPS) is 13.3. The van der Waals surface area contributed by atoms with E-state index >= 15 is 0 Å². The highest BCUT2D eigenvalue weighted by atomic mass is 16.5. The second-order valence-electron chi connectivity index (χ2n) is 8.21. The number of aryl methyl sites for hydroxylation is 1. The second-order valence-corrected chi connectivity index (χ2v) is 8.21. The van der Waals surface area contributed by atoms with E-state index in [9.17, 15) is 4.79 Å². The Kier molecular flexibility index (Phi) is 4.76. The summed E-state index contributed by atoms with van der Waals surface area (Å²) in [6.45, 7) is 1.36. The number of fused-ring (bicyclic) bond motifs is 4. The van der Waals surface area contributed by atoms with E-state index in [4.69, 9.17) is 4.74 Å². The Morgan fingerprint density at radius 2 is 1.61 bits per heavy atom. The van der Waals surface area contributed by atoms with E-state index in [0.29, 0.717) is 13.1 Å². The van der Waals surface area contributed by atoms with Crippen LogP contribution in [0.1, 0.15) is 6.42 Å². The van der Waals surface area contributed by atoms with Crippen molar-refractivity contribution in [3.63, 3.8) is 0 Å². The van der Waals surface area contributed by atoms with Crippen LogP contribution in [0.2, 0.25) is 0 Å². The largest absolute Gasteiger partial charge is 0.482 e. The summed E-state index contributed by atoms with van der Waals surface area (Å²) in [5.41, 5.74) is 2.76. The van der Waals surface area contributed by atoms with Gasteiger partial charge in [0.25, 0.3) is 5.91 Å². The summed E-state index contributed by atoms with van der Waals surface area (Å²) < 4.78 is 7.39. The fourth-order valence-corrected chi connectivity index (χ4v) is 4.59. The molecule has 0 bridgehead atoms. The van der Waals surface area contributed by atoms with Crippen LogP contribution >= 0.6 is 0 Å². The van der Waals surface area contributed by atoms with Crippen molar-refractivity contribution in [2.24, 2.45) is 0 Å². The summed E-state index contributed by atoms with van der Waals surface area (Å²) in [5.74, 6) is 0.735. The molecule has 0 unspecified atom stereocenters. The van der Waals surface area contributed by atoms with Crippen molar-refractivity contribution in [3.8, 4) is 17.0 Å². The summed E-state index contributed by atoms with van der Waals surface area (Å²) in [5, 5.41) is 13.6. The van der Waals surface area contributed by atoms with Crippen LogP contribution in [0.25, 0.3) is 32.8 Å². The minimum Gasteiger partial charge on any atom is -0.482 e. The quantitative estimate of drug-likeness (QED) is 0.363. The molecule has 0 atom stereocenters. The Morgan fingerprint density at radius 3 is 2.52 bits per heavy atom. The molecule has 1 aromatic heterocycles. The van der Waals surface area contributed by atoms with Crippen LogP contribution in [-0.4, -0.2) is 34.1 Å². The van der Waals surface area contributed by atoms with Gasteiger partial charge in [0.15, 0.2) is 6.61 Å². The summed E-state index contributed by atoms with van der Waals surface area (Å²) in [4.78, 5) is 14.2. The van der Waals surface area contributed by atoms with E-state index in [1.807, 2.05) is 35.1 Å². The third kappa shape index (κ3) is 3.49. The first-order valence-corrected chi connectivity index (χ1v) is 11.1.